The van der Waals surface area contributed by atoms with E-state index in [1.807, 2.05) is 48.5 Å². The lowest BCUT2D eigenvalue weighted by Gasteiger charge is -2.08. The van der Waals surface area contributed by atoms with E-state index in [1.54, 1.807) is 0 Å². The summed E-state index contributed by atoms with van der Waals surface area (Å²) in [5, 5.41) is 18.9. The summed E-state index contributed by atoms with van der Waals surface area (Å²) in [7, 11) is 0. The van der Waals surface area contributed by atoms with Gasteiger partial charge >= 0.3 is 0 Å². The second kappa shape index (κ2) is 8.01. The fourth-order valence-electron chi connectivity index (χ4n) is 2.14. The van der Waals surface area contributed by atoms with Gasteiger partial charge in [-0.2, -0.15) is 0 Å². The third-order valence-corrected chi connectivity index (χ3v) is 4.39. The van der Waals surface area contributed by atoms with Gasteiger partial charge < -0.3 is 19.4 Å². The molecule has 2 N–H and O–H groups in total. The number of hydrogen-bond donors (Lipinski definition) is 2. The molecule has 2 aromatic carbocycles. The molecule has 5 nitrogen and oxygen atoms in total. The molecule has 0 atom stereocenters. The molecule has 6 heteroatoms. The lowest BCUT2D eigenvalue weighted by molar-refractivity contribution is 0.270. The van der Waals surface area contributed by atoms with Crippen LogP contribution >= 0.6 is 11.8 Å². The van der Waals surface area contributed by atoms with Crippen molar-refractivity contribution < 1.29 is 19.4 Å². The van der Waals surface area contributed by atoms with Crippen LogP contribution in [0.3, 0.4) is 0 Å². The summed E-state index contributed by atoms with van der Waals surface area (Å²) < 4.78 is 11.0. The fraction of sp³-hybridized carbons (Fsp3) is 0.167. The van der Waals surface area contributed by atoms with Crippen LogP contribution in [0.15, 0.2) is 69.3 Å². The van der Waals surface area contributed by atoms with Crippen molar-refractivity contribution in [3.05, 3.63) is 71.7 Å². The first-order valence-corrected chi connectivity index (χ1v) is 8.23. The van der Waals surface area contributed by atoms with Gasteiger partial charge in [-0.3, -0.25) is 0 Å². The van der Waals surface area contributed by atoms with Crippen LogP contribution in [0.4, 0.5) is 0 Å². The minimum absolute atomic E-state index is 0.0250. The van der Waals surface area contributed by atoms with E-state index < -0.39 is 0 Å². The van der Waals surface area contributed by atoms with Crippen molar-refractivity contribution >= 4 is 11.8 Å². The molecule has 0 bridgehead atoms. The fourth-order valence-corrected chi connectivity index (χ4v) is 2.95. The summed E-state index contributed by atoms with van der Waals surface area (Å²) in [4.78, 5) is 4.91. The van der Waals surface area contributed by atoms with Gasteiger partial charge in [0, 0.05) is 4.90 Å². The molecule has 24 heavy (non-hydrogen) atoms. The van der Waals surface area contributed by atoms with Crippen molar-refractivity contribution in [1.82, 2.24) is 4.98 Å². The Morgan fingerprint density at radius 3 is 2.54 bits per heavy atom. The van der Waals surface area contributed by atoms with Crippen LogP contribution in [0.5, 0.6) is 5.75 Å². The summed E-state index contributed by atoms with van der Waals surface area (Å²) >= 11 is 1.40. The van der Waals surface area contributed by atoms with Crippen molar-refractivity contribution in [2.75, 3.05) is 0 Å². The average molecular weight is 343 g/mol. The van der Waals surface area contributed by atoms with Gasteiger partial charge in [0.25, 0.3) is 0 Å². The highest BCUT2D eigenvalue weighted by Crippen LogP contribution is 2.31. The van der Waals surface area contributed by atoms with Crippen molar-refractivity contribution in [2.24, 2.45) is 0 Å². The zero-order valence-electron chi connectivity index (χ0n) is 12.9. The van der Waals surface area contributed by atoms with Gasteiger partial charge in [0.05, 0.1) is 13.2 Å². The molecule has 0 unspecified atom stereocenters. The van der Waals surface area contributed by atoms with E-state index in [9.17, 15) is 5.11 Å². The third kappa shape index (κ3) is 4.17. The quantitative estimate of drug-likeness (QED) is 0.685. The highest BCUT2D eigenvalue weighted by atomic mass is 32.2. The van der Waals surface area contributed by atoms with Crippen LogP contribution in [-0.4, -0.2) is 15.2 Å². The number of aliphatic hydroxyl groups excluding tert-OH is 2. The Balaban J connectivity index is 1.60. The zero-order valence-corrected chi connectivity index (χ0v) is 13.7. The van der Waals surface area contributed by atoms with Crippen LogP contribution < -0.4 is 4.74 Å². The van der Waals surface area contributed by atoms with E-state index in [-0.39, 0.29) is 13.2 Å². The van der Waals surface area contributed by atoms with Crippen LogP contribution in [0, 0.1) is 0 Å². The molecule has 1 aromatic heterocycles. The summed E-state index contributed by atoms with van der Waals surface area (Å²) in [6, 6.07) is 15.3. The maximum Gasteiger partial charge on any atom is 0.190 e. The number of rotatable bonds is 7. The summed E-state index contributed by atoms with van der Waals surface area (Å²) in [5.41, 5.74) is 2.41. The maximum absolute atomic E-state index is 9.17. The van der Waals surface area contributed by atoms with Gasteiger partial charge in [-0.1, -0.05) is 24.3 Å². The molecule has 0 fully saturated rings. The van der Waals surface area contributed by atoms with Gasteiger partial charge in [0.15, 0.2) is 11.5 Å². The number of ether oxygens (including phenoxy) is 1. The second-order valence-electron chi connectivity index (χ2n) is 5.08. The van der Waals surface area contributed by atoms with Crippen molar-refractivity contribution in [1.29, 1.82) is 0 Å². The lowest BCUT2D eigenvalue weighted by atomic mass is 10.1. The Morgan fingerprint density at radius 2 is 1.79 bits per heavy atom. The van der Waals surface area contributed by atoms with Crippen molar-refractivity contribution in [3.8, 4) is 5.75 Å². The normalized spacial score (nSPS) is 10.8. The SMILES string of the molecule is OCc1cccc(COc2ccc(Sc3ocnc3CO)cc2)c1. The van der Waals surface area contributed by atoms with Crippen LogP contribution in [0.25, 0.3) is 0 Å². The standard InChI is InChI=1S/C18H17NO4S/c20-9-13-2-1-3-14(8-13)11-22-15-4-6-16(7-5-15)24-18-17(10-21)19-12-23-18/h1-8,12,20-21H,9-11H2. The smallest absolute Gasteiger partial charge is 0.190 e. The molecule has 0 spiro atoms. The Kier molecular flexibility index (Phi) is 5.53. The van der Waals surface area contributed by atoms with Gasteiger partial charge in [0.1, 0.15) is 18.1 Å². The molecule has 3 rings (SSSR count). The molecule has 0 aliphatic rings. The Labute approximate surface area is 143 Å². The van der Waals surface area contributed by atoms with E-state index >= 15 is 0 Å². The summed E-state index contributed by atoms with van der Waals surface area (Å²) in [6.45, 7) is 0.321. The highest BCUT2D eigenvalue weighted by Gasteiger charge is 2.09. The highest BCUT2D eigenvalue weighted by molar-refractivity contribution is 7.99. The Hall–Kier alpha value is -2.28. The molecular formula is C18H17NO4S. The third-order valence-electron chi connectivity index (χ3n) is 3.37. The molecule has 124 valence electrons. The molecule has 0 radical (unpaired) electrons. The predicted molar refractivity (Wildman–Crippen MR) is 89.7 cm³/mol. The first-order valence-electron chi connectivity index (χ1n) is 7.41. The van der Waals surface area contributed by atoms with Crippen LogP contribution in [-0.2, 0) is 19.8 Å². The minimum Gasteiger partial charge on any atom is -0.489 e. The van der Waals surface area contributed by atoms with Gasteiger partial charge in [-0.15, -0.1) is 0 Å². The predicted octanol–water partition coefficient (Wildman–Crippen LogP) is 3.39. The Morgan fingerprint density at radius 1 is 1.00 bits per heavy atom. The summed E-state index contributed by atoms with van der Waals surface area (Å²) in [5.74, 6) is 0.758. The van der Waals surface area contributed by atoms with E-state index in [1.165, 1.54) is 18.2 Å². The van der Waals surface area contributed by atoms with E-state index in [2.05, 4.69) is 4.98 Å². The first-order chi connectivity index (χ1) is 11.8. The van der Waals surface area contributed by atoms with Gasteiger partial charge in [0.2, 0.25) is 0 Å². The zero-order chi connectivity index (χ0) is 16.8. The number of benzene rings is 2. The number of aromatic nitrogens is 1. The monoisotopic (exact) mass is 343 g/mol. The molecular weight excluding hydrogens is 326 g/mol. The van der Waals surface area contributed by atoms with Crippen molar-refractivity contribution in [3.63, 3.8) is 0 Å². The number of aliphatic hydroxyl groups is 2. The van der Waals surface area contributed by atoms with Gasteiger partial charge in [-0.05, 0) is 47.2 Å². The van der Waals surface area contributed by atoms with Crippen LogP contribution in [0.1, 0.15) is 16.8 Å². The maximum atomic E-state index is 9.17. The molecule has 0 amide bonds. The largest absolute Gasteiger partial charge is 0.489 e. The lowest BCUT2D eigenvalue weighted by Crippen LogP contribution is -1.96. The average Bonchev–Trinajstić information content (AvgIpc) is 3.08. The van der Waals surface area contributed by atoms with E-state index in [0.717, 1.165) is 21.8 Å². The molecule has 1 heterocycles. The minimum atomic E-state index is -0.146. The number of hydrogen-bond acceptors (Lipinski definition) is 6. The van der Waals surface area contributed by atoms with E-state index in [0.29, 0.717) is 17.4 Å². The van der Waals surface area contributed by atoms with E-state index in [4.69, 9.17) is 14.3 Å². The topological polar surface area (TPSA) is 75.7 Å². The summed E-state index contributed by atoms with van der Waals surface area (Å²) in [6.07, 6.45) is 1.33. The molecule has 0 saturated carbocycles. The van der Waals surface area contributed by atoms with Crippen LogP contribution in [0.2, 0.25) is 0 Å². The molecule has 3 aromatic rings. The second-order valence-corrected chi connectivity index (χ2v) is 6.13. The Bertz CT molecular complexity index is 786. The first kappa shape index (κ1) is 16.6. The molecule has 0 aliphatic carbocycles. The number of oxazole rings is 1. The molecule has 0 aliphatic heterocycles. The van der Waals surface area contributed by atoms with Gasteiger partial charge in [-0.25, -0.2) is 4.98 Å². The number of nitrogens with zero attached hydrogens (tertiary/aromatic N) is 1. The van der Waals surface area contributed by atoms with Crippen molar-refractivity contribution in [2.45, 2.75) is 29.8 Å². The molecule has 0 saturated heterocycles.